The van der Waals surface area contributed by atoms with Crippen LogP contribution in [0.3, 0.4) is 0 Å². The van der Waals surface area contributed by atoms with Crippen LogP contribution in [0.25, 0.3) is 0 Å². The fourth-order valence-corrected chi connectivity index (χ4v) is 4.90. The number of ether oxygens (including phenoxy) is 1. The maximum Gasteiger partial charge on any atom is 0.307 e. The second-order valence-electron chi connectivity index (χ2n) is 8.05. The van der Waals surface area contributed by atoms with Gasteiger partial charge in [0.25, 0.3) is 5.91 Å². The lowest BCUT2D eigenvalue weighted by molar-refractivity contribution is -0.146. The normalized spacial score (nSPS) is 12.5. The maximum absolute atomic E-state index is 12.8. The van der Waals surface area contributed by atoms with E-state index in [1.807, 2.05) is 6.92 Å². The molecule has 0 aliphatic heterocycles. The first kappa shape index (κ1) is 24.0. The molecule has 9 heteroatoms. The van der Waals surface area contributed by atoms with Crippen molar-refractivity contribution < 1.29 is 32.3 Å². The van der Waals surface area contributed by atoms with Gasteiger partial charge in [0.2, 0.25) is 0 Å². The number of nitrogens with one attached hydrogen (secondary N) is 1. The highest BCUT2D eigenvalue weighted by Crippen LogP contribution is 2.29. The van der Waals surface area contributed by atoms with E-state index in [1.54, 1.807) is 36.4 Å². The summed E-state index contributed by atoms with van der Waals surface area (Å²) in [6, 6.07) is 17.1. The number of anilines is 1. The van der Waals surface area contributed by atoms with Crippen LogP contribution in [0.4, 0.5) is 5.69 Å². The molecule has 0 radical (unpaired) electrons. The lowest BCUT2D eigenvalue weighted by atomic mass is 9.84. The minimum absolute atomic E-state index is 0.108. The van der Waals surface area contributed by atoms with Crippen LogP contribution in [-0.4, -0.2) is 44.2 Å². The van der Waals surface area contributed by atoms with Crippen LogP contribution in [-0.2, 0) is 24.2 Å². The molecular weight excluding hydrogens is 470 g/mol. The van der Waals surface area contributed by atoms with Gasteiger partial charge in [-0.15, -0.1) is 0 Å². The second kappa shape index (κ2) is 9.63. The highest BCUT2D eigenvalue weighted by Gasteiger charge is 2.29. The molecule has 4 rings (SSSR count). The largest absolute Gasteiger partial charge is 0.456 e. The monoisotopic (exact) mass is 491 g/mol. The first-order valence-corrected chi connectivity index (χ1v) is 12.4. The van der Waals surface area contributed by atoms with Crippen LogP contribution in [0.2, 0.25) is 0 Å². The van der Waals surface area contributed by atoms with Gasteiger partial charge < -0.3 is 10.1 Å². The minimum Gasteiger partial charge on any atom is -0.456 e. The number of hydrogen-bond acceptors (Lipinski definition) is 7. The summed E-state index contributed by atoms with van der Waals surface area (Å²) in [7, 11) is -3.66. The van der Waals surface area contributed by atoms with E-state index in [4.69, 9.17) is 4.74 Å². The van der Waals surface area contributed by atoms with Crippen molar-refractivity contribution in [1.29, 1.82) is 0 Å². The number of hydrogen-bond donors (Lipinski definition) is 1. The fourth-order valence-electron chi connectivity index (χ4n) is 3.67. The second-order valence-corrected chi connectivity index (χ2v) is 10.2. The molecule has 0 saturated carbocycles. The Labute approximate surface area is 201 Å². The average molecular weight is 492 g/mol. The third-order valence-corrected chi connectivity index (χ3v) is 7.26. The van der Waals surface area contributed by atoms with Crippen molar-refractivity contribution in [3.05, 3.63) is 94.5 Å². The SMILES string of the molecule is Cc1ccc(S(=O)(=O)CCC(=O)OCC(=O)Nc2ccc3c(c2)C(=O)c2ccccc2C3=O)cc1. The number of sulfone groups is 1. The van der Waals surface area contributed by atoms with Gasteiger partial charge in [-0.25, -0.2) is 8.42 Å². The Hall–Kier alpha value is -4.11. The summed E-state index contributed by atoms with van der Waals surface area (Å²) in [6.07, 6.45) is -0.404. The van der Waals surface area contributed by atoms with Crippen molar-refractivity contribution in [2.24, 2.45) is 0 Å². The predicted octanol–water partition coefficient (Wildman–Crippen LogP) is 3.12. The van der Waals surface area contributed by atoms with Crippen LogP contribution in [0, 0.1) is 6.92 Å². The number of carbonyl (C=O) groups excluding carboxylic acids is 4. The van der Waals surface area contributed by atoms with E-state index in [-0.39, 0.29) is 33.3 Å². The average Bonchev–Trinajstić information content (AvgIpc) is 2.85. The summed E-state index contributed by atoms with van der Waals surface area (Å²) in [5, 5.41) is 2.51. The number of amides is 1. The van der Waals surface area contributed by atoms with Crippen molar-refractivity contribution in [2.75, 3.05) is 17.7 Å². The third kappa shape index (κ3) is 5.20. The van der Waals surface area contributed by atoms with Gasteiger partial charge in [0.1, 0.15) is 0 Å². The molecule has 0 heterocycles. The summed E-state index contributed by atoms with van der Waals surface area (Å²) in [6.45, 7) is 1.20. The van der Waals surface area contributed by atoms with E-state index in [0.29, 0.717) is 11.1 Å². The minimum atomic E-state index is -3.66. The van der Waals surface area contributed by atoms with Gasteiger partial charge >= 0.3 is 5.97 Å². The maximum atomic E-state index is 12.8. The van der Waals surface area contributed by atoms with Crippen LogP contribution < -0.4 is 5.32 Å². The Morgan fingerprint density at radius 2 is 1.43 bits per heavy atom. The lowest BCUT2D eigenvalue weighted by Gasteiger charge is -2.18. The molecule has 8 nitrogen and oxygen atoms in total. The number of fused-ring (bicyclic) bond motifs is 2. The molecule has 1 aliphatic rings. The van der Waals surface area contributed by atoms with Crippen molar-refractivity contribution in [3.8, 4) is 0 Å². The van der Waals surface area contributed by atoms with Crippen LogP contribution in [0.1, 0.15) is 43.8 Å². The molecule has 1 N–H and O–H groups in total. The number of esters is 1. The summed E-state index contributed by atoms with van der Waals surface area (Å²) in [5.74, 6) is -2.55. The number of benzene rings is 3. The molecule has 0 bridgehead atoms. The Balaban J connectivity index is 1.33. The van der Waals surface area contributed by atoms with Gasteiger partial charge in [-0.2, -0.15) is 0 Å². The van der Waals surface area contributed by atoms with Gasteiger partial charge in [-0.3, -0.25) is 19.2 Å². The zero-order chi connectivity index (χ0) is 25.2. The Morgan fingerprint density at radius 1 is 0.829 bits per heavy atom. The van der Waals surface area contributed by atoms with Gasteiger partial charge in [0.05, 0.1) is 17.1 Å². The Bertz CT molecular complexity index is 1460. The van der Waals surface area contributed by atoms with E-state index in [1.165, 1.54) is 30.3 Å². The molecule has 3 aromatic carbocycles. The molecule has 3 aromatic rings. The molecule has 1 aliphatic carbocycles. The van der Waals surface area contributed by atoms with Crippen LogP contribution in [0.5, 0.6) is 0 Å². The van der Waals surface area contributed by atoms with Gasteiger partial charge in [0, 0.05) is 27.9 Å². The van der Waals surface area contributed by atoms with Crippen molar-refractivity contribution in [3.63, 3.8) is 0 Å². The molecule has 0 fully saturated rings. The summed E-state index contributed by atoms with van der Waals surface area (Å²) >= 11 is 0. The number of carbonyl (C=O) groups is 4. The number of ketones is 2. The topological polar surface area (TPSA) is 124 Å². The number of aryl methyl sites for hydroxylation is 1. The van der Waals surface area contributed by atoms with E-state index >= 15 is 0 Å². The van der Waals surface area contributed by atoms with Gasteiger partial charge in [-0.05, 0) is 37.3 Å². The molecule has 0 aromatic heterocycles. The van der Waals surface area contributed by atoms with Gasteiger partial charge in [-0.1, -0.05) is 42.0 Å². The number of rotatable bonds is 7. The molecule has 0 saturated heterocycles. The van der Waals surface area contributed by atoms with Crippen molar-refractivity contribution >= 4 is 39.0 Å². The summed E-state index contributed by atoms with van der Waals surface area (Å²) < 4.78 is 29.6. The highest BCUT2D eigenvalue weighted by molar-refractivity contribution is 7.91. The quantitative estimate of drug-likeness (QED) is 0.394. The lowest BCUT2D eigenvalue weighted by Crippen LogP contribution is -2.23. The highest BCUT2D eigenvalue weighted by atomic mass is 32.2. The van der Waals surface area contributed by atoms with E-state index in [0.717, 1.165) is 5.56 Å². The summed E-state index contributed by atoms with van der Waals surface area (Å²) in [5.41, 5.74) is 2.21. The Kier molecular flexibility index (Phi) is 6.61. The zero-order valence-electron chi connectivity index (χ0n) is 18.7. The van der Waals surface area contributed by atoms with E-state index in [2.05, 4.69) is 5.32 Å². The van der Waals surface area contributed by atoms with Crippen LogP contribution >= 0.6 is 0 Å². The van der Waals surface area contributed by atoms with E-state index < -0.39 is 40.5 Å². The molecule has 0 spiro atoms. The first-order valence-electron chi connectivity index (χ1n) is 10.7. The van der Waals surface area contributed by atoms with Crippen LogP contribution in [0.15, 0.2) is 71.6 Å². The summed E-state index contributed by atoms with van der Waals surface area (Å²) in [4.78, 5) is 49.8. The molecule has 1 amide bonds. The zero-order valence-corrected chi connectivity index (χ0v) is 19.6. The first-order chi connectivity index (χ1) is 16.7. The van der Waals surface area contributed by atoms with Crippen molar-refractivity contribution in [1.82, 2.24) is 0 Å². The van der Waals surface area contributed by atoms with Gasteiger partial charge in [0.15, 0.2) is 28.0 Å². The molecule has 35 heavy (non-hydrogen) atoms. The third-order valence-electron chi connectivity index (χ3n) is 5.53. The smallest absolute Gasteiger partial charge is 0.307 e. The molecule has 178 valence electrons. The molecule has 0 atom stereocenters. The molecular formula is C26H21NO7S. The molecule has 0 unspecified atom stereocenters. The standard InChI is InChI=1S/C26H21NO7S/c1-16-6-9-18(10-7-16)35(32,33)13-12-24(29)34-15-23(28)27-17-8-11-21-22(14-17)26(31)20-5-3-2-4-19(20)25(21)30/h2-11,14H,12-13,15H2,1H3,(H,27,28). The van der Waals surface area contributed by atoms with E-state index in [9.17, 15) is 27.6 Å². The van der Waals surface area contributed by atoms with Crippen molar-refractivity contribution in [2.45, 2.75) is 18.2 Å². The fraction of sp³-hybridized carbons (Fsp3) is 0.154. The predicted molar refractivity (Wildman–Crippen MR) is 127 cm³/mol. The Morgan fingerprint density at radius 3 is 2.09 bits per heavy atom.